The Morgan fingerprint density at radius 3 is 2.63 bits per heavy atom. The van der Waals surface area contributed by atoms with E-state index in [1.807, 2.05) is 4.90 Å². The van der Waals surface area contributed by atoms with Gasteiger partial charge in [-0.15, -0.1) is 0 Å². The highest BCUT2D eigenvalue weighted by Crippen LogP contribution is 2.32. The molecule has 102 valence electrons. The first kappa shape index (κ1) is 13.3. The van der Waals surface area contributed by atoms with Crippen LogP contribution in [-0.2, 0) is 4.79 Å². The first-order valence-corrected chi connectivity index (χ1v) is 6.13. The summed E-state index contributed by atoms with van der Waals surface area (Å²) in [5, 5.41) is 19.7. The van der Waals surface area contributed by atoms with Crippen LogP contribution in [-0.4, -0.2) is 29.1 Å². The van der Waals surface area contributed by atoms with Crippen molar-refractivity contribution in [2.24, 2.45) is 11.8 Å². The number of hydrogen-bond donors (Lipinski definition) is 1. The molecule has 0 aliphatic carbocycles. The number of rotatable bonds is 4. The maximum Gasteiger partial charge on any atom is 0.306 e. The molecule has 6 heteroatoms. The van der Waals surface area contributed by atoms with Crippen LogP contribution in [0, 0.1) is 28.9 Å². The Kier molecular flexibility index (Phi) is 3.42. The number of aliphatic carboxylic acids is 1. The minimum absolute atomic E-state index is 0.111. The molecule has 0 spiro atoms. The van der Waals surface area contributed by atoms with Gasteiger partial charge in [-0.2, -0.15) is 0 Å². The van der Waals surface area contributed by atoms with Crippen LogP contribution >= 0.6 is 0 Å². The van der Waals surface area contributed by atoms with Crippen molar-refractivity contribution in [1.29, 1.82) is 0 Å². The maximum atomic E-state index is 10.9. The van der Waals surface area contributed by atoms with Gasteiger partial charge in [-0.3, -0.25) is 14.9 Å². The molecule has 1 fully saturated rings. The number of nitro groups is 1. The first-order chi connectivity index (χ1) is 8.90. The number of carboxylic acids is 1. The van der Waals surface area contributed by atoms with Crippen LogP contribution in [0.1, 0.15) is 12.5 Å². The summed E-state index contributed by atoms with van der Waals surface area (Å²) in [4.78, 5) is 23.2. The molecule has 1 heterocycles. The third-order valence-corrected chi connectivity index (χ3v) is 3.75. The van der Waals surface area contributed by atoms with Crippen molar-refractivity contribution in [3.8, 4) is 0 Å². The molecule has 1 unspecified atom stereocenters. The van der Waals surface area contributed by atoms with Crippen molar-refractivity contribution in [2.75, 3.05) is 18.0 Å². The molecule has 19 heavy (non-hydrogen) atoms. The fourth-order valence-electron chi connectivity index (χ4n) is 2.28. The van der Waals surface area contributed by atoms with Crippen LogP contribution in [0.4, 0.5) is 11.4 Å². The minimum Gasteiger partial charge on any atom is -0.481 e. The number of anilines is 1. The van der Waals surface area contributed by atoms with Crippen LogP contribution in [0.5, 0.6) is 0 Å². The quantitative estimate of drug-likeness (QED) is 0.664. The topological polar surface area (TPSA) is 83.7 Å². The average molecular weight is 264 g/mol. The maximum absolute atomic E-state index is 10.9. The molecule has 1 saturated heterocycles. The molecule has 0 aromatic heterocycles. The van der Waals surface area contributed by atoms with Crippen molar-refractivity contribution in [3.05, 3.63) is 33.9 Å². The molecule has 1 aromatic rings. The second-order valence-electron chi connectivity index (χ2n) is 5.02. The molecule has 6 nitrogen and oxygen atoms in total. The Morgan fingerprint density at radius 2 is 2.16 bits per heavy atom. The average Bonchev–Trinajstić information content (AvgIpc) is 2.26. The summed E-state index contributed by atoms with van der Waals surface area (Å²) in [5.41, 5.74) is 1.65. The monoisotopic (exact) mass is 264 g/mol. The van der Waals surface area contributed by atoms with Crippen LogP contribution in [0.15, 0.2) is 18.2 Å². The zero-order valence-electron chi connectivity index (χ0n) is 10.9. The van der Waals surface area contributed by atoms with E-state index in [-0.39, 0.29) is 17.5 Å². The van der Waals surface area contributed by atoms with Gasteiger partial charge in [0, 0.05) is 36.3 Å². The number of nitro benzene ring substituents is 1. The van der Waals surface area contributed by atoms with Gasteiger partial charge in [-0.25, -0.2) is 0 Å². The lowest BCUT2D eigenvalue weighted by atomic mass is 9.86. The second-order valence-corrected chi connectivity index (χ2v) is 5.02. The van der Waals surface area contributed by atoms with Crippen LogP contribution in [0.25, 0.3) is 0 Å². The molecule has 1 aliphatic heterocycles. The molecule has 1 aliphatic rings. The summed E-state index contributed by atoms with van der Waals surface area (Å²) in [5.74, 6) is -0.979. The van der Waals surface area contributed by atoms with E-state index in [2.05, 4.69) is 0 Å². The molecule has 0 bridgehead atoms. The zero-order chi connectivity index (χ0) is 14.2. The molecule has 1 atom stereocenters. The van der Waals surface area contributed by atoms with Crippen molar-refractivity contribution in [2.45, 2.75) is 13.8 Å². The van der Waals surface area contributed by atoms with Gasteiger partial charge in [0.1, 0.15) is 0 Å². The van der Waals surface area contributed by atoms with Crippen molar-refractivity contribution < 1.29 is 14.8 Å². The molecular weight excluding hydrogens is 248 g/mol. The molecular formula is C13H16N2O4. The highest BCUT2D eigenvalue weighted by atomic mass is 16.6. The van der Waals surface area contributed by atoms with E-state index in [0.717, 1.165) is 5.69 Å². The first-order valence-electron chi connectivity index (χ1n) is 6.13. The predicted octanol–water partition coefficient (Wildman–Crippen LogP) is 2.06. The number of carboxylic acid groups (broad SMARTS) is 1. The molecule has 1 aromatic carbocycles. The largest absolute Gasteiger partial charge is 0.481 e. The molecule has 1 N–H and O–H groups in total. The summed E-state index contributed by atoms with van der Waals surface area (Å²) < 4.78 is 0. The number of hydrogen-bond acceptors (Lipinski definition) is 4. The van der Waals surface area contributed by atoms with Crippen LogP contribution in [0.3, 0.4) is 0 Å². The molecule has 0 amide bonds. The van der Waals surface area contributed by atoms with Crippen molar-refractivity contribution in [3.63, 3.8) is 0 Å². The van der Waals surface area contributed by atoms with Crippen molar-refractivity contribution in [1.82, 2.24) is 0 Å². The van der Waals surface area contributed by atoms with Gasteiger partial charge >= 0.3 is 5.97 Å². The van der Waals surface area contributed by atoms with E-state index >= 15 is 0 Å². The van der Waals surface area contributed by atoms with Crippen LogP contribution in [0.2, 0.25) is 0 Å². The highest BCUT2D eigenvalue weighted by molar-refractivity contribution is 5.70. The van der Waals surface area contributed by atoms with Crippen molar-refractivity contribution >= 4 is 17.3 Å². The summed E-state index contributed by atoms with van der Waals surface area (Å²) >= 11 is 0. The van der Waals surface area contributed by atoms with Gasteiger partial charge in [0.25, 0.3) is 5.69 Å². The summed E-state index contributed by atoms with van der Waals surface area (Å²) in [6.07, 6.45) is 0. The molecule has 2 rings (SSSR count). The van der Waals surface area contributed by atoms with Crippen LogP contribution < -0.4 is 4.90 Å². The Morgan fingerprint density at radius 1 is 1.53 bits per heavy atom. The summed E-state index contributed by atoms with van der Waals surface area (Å²) in [6, 6.07) is 4.99. The van der Waals surface area contributed by atoms with E-state index in [1.165, 1.54) is 6.07 Å². The third kappa shape index (κ3) is 2.52. The van der Waals surface area contributed by atoms with Gasteiger partial charge in [-0.05, 0) is 19.1 Å². The Bertz CT molecular complexity index is 523. The molecule has 0 saturated carbocycles. The van der Waals surface area contributed by atoms with E-state index < -0.39 is 10.9 Å². The van der Waals surface area contributed by atoms with Gasteiger partial charge in [0.2, 0.25) is 0 Å². The Hall–Kier alpha value is -2.11. The Balaban J connectivity index is 2.04. The lowest BCUT2D eigenvalue weighted by Gasteiger charge is -2.43. The van der Waals surface area contributed by atoms with Gasteiger partial charge in [0.05, 0.1) is 10.8 Å². The number of aryl methyl sites for hydroxylation is 1. The minimum atomic E-state index is -0.774. The highest BCUT2D eigenvalue weighted by Gasteiger charge is 2.35. The fourth-order valence-corrected chi connectivity index (χ4v) is 2.28. The standard InChI is InChI=1S/C13H16N2O4/c1-8-5-11(3-4-12(8)15(18)19)14-6-10(7-14)9(2)13(16)17/h3-5,9-10H,6-7H2,1-2H3,(H,16,17). The van der Waals surface area contributed by atoms with E-state index in [9.17, 15) is 14.9 Å². The molecule has 0 radical (unpaired) electrons. The fraction of sp³-hybridized carbons (Fsp3) is 0.462. The lowest BCUT2D eigenvalue weighted by Crippen LogP contribution is -2.51. The lowest BCUT2D eigenvalue weighted by molar-refractivity contribution is -0.385. The Labute approximate surface area is 110 Å². The van der Waals surface area contributed by atoms with E-state index in [1.54, 1.807) is 26.0 Å². The third-order valence-electron chi connectivity index (χ3n) is 3.75. The second kappa shape index (κ2) is 4.87. The van der Waals surface area contributed by atoms with Gasteiger partial charge in [0.15, 0.2) is 0 Å². The smallest absolute Gasteiger partial charge is 0.306 e. The number of carbonyl (C=O) groups is 1. The SMILES string of the molecule is Cc1cc(N2CC(C(C)C(=O)O)C2)ccc1[N+](=O)[O-]. The normalized spacial score (nSPS) is 16.8. The van der Waals surface area contributed by atoms with Gasteiger partial charge in [-0.1, -0.05) is 6.92 Å². The van der Waals surface area contributed by atoms with E-state index in [0.29, 0.717) is 18.7 Å². The number of benzene rings is 1. The number of nitrogens with zero attached hydrogens (tertiary/aromatic N) is 2. The van der Waals surface area contributed by atoms with E-state index in [4.69, 9.17) is 5.11 Å². The zero-order valence-corrected chi connectivity index (χ0v) is 10.9. The summed E-state index contributed by atoms with van der Waals surface area (Å²) in [6.45, 7) is 4.79. The van der Waals surface area contributed by atoms with Gasteiger partial charge < -0.3 is 10.0 Å². The predicted molar refractivity (Wildman–Crippen MR) is 70.3 cm³/mol. The summed E-state index contributed by atoms with van der Waals surface area (Å²) in [7, 11) is 0.